The number of carbonyl (C=O) groups excluding carboxylic acids is 3. The Balaban J connectivity index is 2.07. The molecule has 1 spiro atoms. The number of ether oxygens (including phenoxy) is 1. The third-order valence-corrected chi connectivity index (χ3v) is 10.8. The van der Waals surface area contributed by atoms with E-state index in [1.54, 1.807) is 27.6 Å². The fraction of sp³-hybridized carbons (Fsp3) is 0.731. The van der Waals surface area contributed by atoms with E-state index in [4.69, 9.17) is 4.74 Å². The van der Waals surface area contributed by atoms with E-state index in [1.807, 2.05) is 13.8 Å². The van der Waals surface area contributed by atoms with Crippen LogP contribution in [0, 0.1) is 17.8 Å². The highest BCUT2D eigenvalue weighted by Gasteiger charge is 2.76. The van der Waals surface area contributed by atoms with E-state index in [0.717, 1.165) is 19.3 Å². The molecule has 35 heavy (non-hydrogen) atoms. The van der Waals surface area contributed by atoms with Gasteiger partial charge in [-0.25, -0.2) is 0 Å². The second-order valence-electron chi connectivity index (χ2n) is 10.1. The van der Waals surface area contributed by atoms with E-state index in [1.165, 1.54) is 6.08 Å². The molecule has 2 bridgehead atoms. The summed E-state index contributed by atoms with van der Waals surface area (Å²) in [6, 6.07) is -1.27. The van der Waals surface area contributed by atoms with Crippen molar-refractivity contribution in [3.63, 3.8) is 0 Å². The Morgan fingerprint density at radius 3 is 2.63 bits per heavy atom. The van der Waals surface area contributed by atoms with Gasteiger partial charge >= 0.3 is 5.97 Å². The zero-order valence-corrected chi connectivity index (χ0v) is 23.4. The smallest absolute Gasteiger partial charge is 0.311 e. The summed E-state index contributed by atoms with van der Waals surface area (Å²) in [6.07, 6.45) is 6.74. The normalized spacial score (nSPS) is 32.0. The van der Waals surface area contributed by atoms with E-state index >= 15 is 0 Å². The number of nitrogens with zero attached hydrogens (tertiary/aromatic N) is 2. The van der Waals surface area contributed by atoms with Crippen molar-refractivity contribution in [3.05, 3.63) is 25.3 Å². The molecule has 3 heterocycles. The molecule has 0 aromatic carbocycles. The molecule has 2 amide bonds. The van der Waals surface area contributed by atoms with E-state index < -0.39 is 34.6 Å². The molecule has 3 aliphatic rings. The maximum Gasteiger partial charge on any atom is 0.311 e. The highest BCUT2D eigenvalue weighted by atomic mass is 79.9. The van der Waals surface area contributed by atoms with Crippen molar-refractivity contribution < 1.29 is 24.2 Å². The predicted octanol–water partition coefficient (Wildman–Crippen LogP) is 3.40. The zero-order chi connectivity index (χ0) is 25.9. The number of unbranched alkanes of at least 4 members (excludes halogenated alkanes) is 2. The van der Waals surface area contributed by atoms with Crippen LogP contribution < -0.4 is 0 Å². The Morgan fingerprint density at radius 1 is 1.34 bits per heavy atom. The van der Waals surface area contributed by atoms with Gasteiger partial charge in [-0.1, -0.05) is 68.3 Å². The maximum atomic E-state index is 14.3. The van der Waals surface area contributed by atoms with Gasteiger partial charge in [-0.2, -0.15) is 0 Å². The molecule has 196 valence electrons. The summed E-state index contributed by atoms with van der Waals surface area (Å²) in [5.41, 5.74) is 0. The highest BCUT2D eigenvalue weighted by molar-refractivity contribution is 9.09. The summed E-state index contributed by atoms with van der Waals surface area (Å²) in [5, 5.41) is 10.2. The lowest BCUT2D eigenvalue weighted by molar-refractivity contribution is -0.153. The minimum atomic E-state index is -0.756. The lowest BCUT2D eigenvalue weighted by Crippen LogP contribution is -2.58. The molecular weight excluding hydrogens is 532 g/mol. The Kier molecular flexibility index (Phi) is 9.54. The van der Waals surface area contributed by atoms with Gasteiger partial charge in [0.25, 0.3) is 0 Å². The number of hydrogen-bond donors (Lipinski definition) is 1. The van der Waals surface area contributed by atoms with Crippen molar-refractivity contribution in [2.75, 3.05) is 26.3 Å². The van der Waals surface area contributed by atoms with Crippen molar-refractivity contribution in [1.82, 2.24) is 9.80 Å². The SMILES string of the molecule is C=CCOC(=O)[C@H]1[C@@H]2SC3(CC2Br)C(C(=O)N(CC=C)CCCCC)N([C@@H](CO)C(C)C)C(=O)[C@H]13. The second kappa shape index (κ2) is 11.8. The van der Waals surface area contributed by atoms with Crippen LogP contribution in [0.2, 0.25) is 0 Å². The van der Waals surface area contributed by atoms with E-state index in [0.29, 0.717) is 19.5 Å². The number of aliphatic hydroxyl groups is 1. The third kappa shape index (κ3) is 4.97. The van der Waals surface area contributed by atoms with Crippen LogP contribution in [0.15, 0.2) is 25.3 Å². The first-order valence-electron chi connectivity index (χ1n) is 12.6. The summed E-state index contributed by atoms with van der Waals surface area (Å²) >= 11 is 5.34. The first-order chi connectivity index (χ1) is 16.7. The van der Waals surface area contributed by atoms with Gasteiger partial charge in [-0.05, 0) is 18.8 Å². The summed E-state index contributed by atoms with van der Waals surface area (Å²) in [6.45, 7) is 14.3. The van der Waals surface area contributed by atoms with Gasteiger partial charge in [0.1, 0.15) is 12.6 Å². The molecule has 1 N–H and O–H groups in total. The molecule has 3 rings (SSSR count). The Labute approximate surface area is 221 Å². The molecule has 3 aliphatic heterocycles. The fourth-order valence-corrected chi connectivity index (χ4v) is 9.58. The van der Waals surface area contributed by atoms with Crippen molar-refractivity contribution >= 4 is 45.5 Å². The molecule has 3 saturated heterocycles. The second-order valence-corrected chi connectivity index (χ2v) is 12.8. The quantitative estimate of drug-likeness (QED) is 0.158. The monoisotopic (exact) mass is 570 g/mol. The number of carbonyl (C=O) groups is 3. The first kappa shape index (κ1) is 28.3. The van der Waals surface area contributed by atoms with Gasteiger partial charge in [0, 0.05) is 23.2 Å². The maximum absolute atomic E-state index is 14.3. The fourth-order valence-electron chi connectivity index (χ4n) is 6.00. The number of hydrogen-bond acceptors (Lipinski definition) is 6. The zero-order valence-electron chi connectivity index (χ0n) is 21.0. The molecule has 3 unspecified atom stereocenters. The van der Waals surface area contributed by atoms with Crippen LogP contribution in [0.25, 0.3) is 0 Å². The lowest BCUT2D eigenvalue weighted by atomic mass is 9.71. The molecule has 7 nitrogen and oxygen atoms in total. The van der Waals surface area contributed by atoms with Gasteiger partial charge in [-0.15, -0.1) is 18.3 Å². The van der Waals surface area contributed by atoms with Gasteiger partial charge in [0.2, 0.25) is 11.8 Å². The van der Waals surface area contributed by atoms with Crippen molar-refractivity contribution in [3.8, 4) is 0 Å². The number of thioether (sulfide) groups is 1. The molecule has 0 aromatic rings. The summed E-state index contributed by atoms with van der Waals surface area (Å²) < 4.78 is 4.67. The van der Waals surface area contributed by atoms with Crippen molar-refractivity contribution in [1.29, 1.82) is 0 Å². The average molecular weight is 572 g/mol. The van der Waals surface area contributed by atoms with Crippen LogP contribution in [0.5, 0.6) is 0 Å². The molecule has 9 heteroatoms. The van der Waals surface area contributed by atoms with Crippen molar-refractivity contribution in [2.24, 2.45) is 17.8 Å². The number of amides is 2. The molecule has 3 fully saturated rings. The Bertz CT molecular complexity index is 839. The Morgan fingerprint density at radius 2 is 2.06 bits per heavy atom. The van der Waals surface area contributed by atoms with E-state index in [9.17, 15) is 19.5 Å². The third-order valence-electron chi connectivity index (χ3n) is 7.58. The van der Waals surface area contributed by atoms with Gasteiger partial charge < -0.3 is 19.6 Å². The molecule has 0 aliphatic carbocycles. The minimum absolute atomic E-state index is 0.0207. The standard InChI is InChI=1S/C26H39BrN2O5S/c1-6-9-10-12-28(11-7-2)24(32)22-26-14-17(27)21(35-26)19(25(33)34-13-8-3)20(26)23(31)29(22)18(15-30)16(4)5/h7-8,16-22,30H,2-3,6,9-15H2,1,4-5H3/t17?,18-,19+,20-,21+,22?,26?/m0/s1. The number of esters is 1. The average Bonchev–Trinajstić information content (AvgIpc) is 3.41. The van der Waals surface area contributed by atoms with Gasteiger partial charge in [0.05, 0.1) is 29.2 Å². The van der Waals surface area contributed by atoms with Crippen LogP contribution in [0.3, 0.4) is 0 Å². The first-order valence-corrected chi connectivity index (χ1v) is 14.4. The molecule has 7 atom stereocenters. The molecule has 0 saturated carbocycles. The topological polar surface area (TPSA) is 87.2 Å². The van der Waals surface area contributed by atoms with Crippen LogP contribution in [-0.2, 0) is 19.1 Å². The molecular formula is C26H39BrN2O5S. The summed E-state index contributed by atoms with van der Waals surface area (Å²) in [5.74, 6) is -2.13. The van der Waals surface area contributed by atoms with Gasteiger partial charge in [-0.3, -0.25) is 14.4 Å². The van der Waals surface area contributed by atoms with Gasteiger partial charge in [0.15, 0.2) is 0 Å². The number of fused-ring (bicyclic) bond motifs is 1. The number of likely N-dealkylation sites (tertiary alicyclic amines) is 1. The predicted molar refractivity (Wildman–Crippen MR) is 142 cm³/mol. The molecule has 0 aromatic heterocycles. The number of halogens is 1. The number of aliphatic hydroxyl groups excluding tert-OH is 1. The van der Waals surface area contributed by atoms with Crippen LogP contribution in [0.1, 0.15) is 46.5 Å². The molecule has 0 radical (unpaired) electrons. The van der Waals surface area contributed by atoms with E-state index in [2.05, 4.69) is 36.0 Å². The highest BCUT2D eigenvalue weighted by Crippen LogP contribution is 2.68. The number of alkyl halides is 1. The van der Waals surface area contributed by atoms with Crippen LogP contribution in [-0.4, -0.2) is 85.9 Å². The summed E-state index contributed by atoms with van der Waals surface area (Å²) in [4.78, 5) is 44.9. The minimum Gasteiger partial charge on any atom is -0.461 e. The van der Waals surface area contributed by atoms with Crippen LogP contribution in [0.4, 0.5) is 0 Å². The van der Waals surface area contributed by atoms with Crippen molar-refractivity contribution in [2.45, 2.75) is 73.4 Å². The van der Waals surface area contributed by atoms with E-state index in [-0.39, 0.29) is 41.0 Å². The summed E-state index contributed by atoms with van der Waals surface area (Å²) in [7, 11) is 0. The Hall–Kier alpha value is -1.32. The number of rotatable bonds is 13. The largest absolute Gasteiger partial charge is 0.461 e. The van der Waals surface area contributed by atoms with Crippen LogP contribution >= 0.6 is 27.7 Å². The lowest BCUT2D eigenvalue weighted by Gasteiger charge is -2.41.